The molecule has 0 aromatic carbocycles. The zero-order chi connectivity index (χ0) is 10.9. The summed E-state index contributed by atoms with van der Waals surface area (Å²) in [6.45, 7) is 9.13. The van der Waals surface area contributed by atoms with Gasteiger partial charge in [0.1, 0.15) is 0 Å². The first kappa shape index (κ1) is 11.1. The van der Waals surface area contributed by atoms with Gasteiger partial charge in [-0.1, -0.05) is 6.58 Å². The molecule has 0 aliphatic carbocycles. The van der Waals surface area contributed by atoms with Gasteiger partial charge in [0.15, 0.2) is 5.78 Å². The Bertz CT molecular complexity index is 410. The minimum Gasteiger partial charge on any atom is -0.289 e. The minimum absolute atomic E-state index is 0.0757. The number of halogens is 1. The van der Waals surface area contributed by atoms with Crippen molar-refractivity contribution >= 4 is 21.7 Å². The lowest BCUT2D eigenvalue weighted by Crippen LogP contribution is -2.05. The number of aromatic nitrogens is 1. The summed E-state index contributed by atoms with van der Waals surface area (Å²) in [4.78, 5) is 15.8. The van der Waals surface area contributed by atoms with E-state index in [-0.39, 0.29) is 5.78 Å². The van der Waals surface area contributed by atoms with Crippen LogP contribution in [0.25, 0.3) is 0 Å². The highest BCUT2D eigenvalue weighted by molar-refractivity contribution is 9.10. The Kier molecular flexibility index (Phi) is 3.21. The summed E-state index contributed by atoms with van der Waals surface area (Å²) in [5, 5.41) is 0. The van der Waals surface area contributed by atoms with Crippen molar-refractivity contribution in [1.29, 1.82) is 0 Å². The van der Waals surface area contributed by atoms with E-state index in [0.717, 1.165) is 21.4 Å². The van der Waals surface area contributed by atoms with E-state index in [2.05, 4.69) is 27.5 Å². The first-order valence-electron chi connectivity index (χ1n) is 4.29. The van der Waals surface area contributed by atoms with Crippen LogP contribution in [0.4, 0.5) is 0 Å². The van der Waals surface area contributed by atoms with Crippen molar-refractivity contribution in [1.82, 2.24) is 4.98 Å². The Morgan fingerprint density at radius 3 is 2.43 bits per heavy atom. The standard InChI is InChI=1S/C11H12BrNO/c1-5-9(14)10-6(2)11(12)8(4)13-7(10)3/h5H,1H2,2-4H3. The summed E-state index contributed by atoms with van der Waals surface area (Å²) in [5.41, 5.74) is 3.24. The van der Waals surface area contributed by atoms with Gasteiger partial charge >= 0.3 is 0 Å². The van der Waals surface area contributed by atoms with Crippen molar-refractivity contribution in [3.05, 3.63) is 39.6 Å². The molecule has 74 valence electrons. The van der Waals surface area contributed by atoms with Crippen molar-refractivity contribution in [2.45, 2.75) is 20.8 Å². The van der Waals surface area contributed by atoms with E-state index in [9.17, 15) is 4.79 Å². The van der Waals surface area contributed by atoms with Crippen LogP contribution in [0.1, 0.15) is 27.3 Å². The predicted octanol–water partition coefficient (Wildman–Crippen LogP) is 3.14. The number of pyridine rings is 1. The van der Waals surface area contributed by atoms with Crippen LogP contribution >= 0.6 is 15.9 Å². The Labute approximate surface area is 92.2 Å². The predicted molar refractivity (Wildman–Crippen MR) is 60.7 cm³/mol. The highest BCUT2D eigenvalue weighted by Crippen LogP contribution is 2.24. The van der Waals surface area contributed by atoms with Crippen LogP contribution in [0, 0.1) is 20.8 Å². The molecular formula is C11H12BrNO. The van der Waals surface area contributed by atoms with Crippen molar-refractivity contribution in [3.63, 3.8) is 0 Å². The van der Waals surface area contributed by atoms with E-state index in [1.807, 2.05) is 20.8 Å². The van der Waals surface area contributed by atoms with Gasteiger partial charge in [-0.15, -0.1) is 0 Å². The van der Waals surface area contributed by atoms with Gasteiger partial charge in [-0.05, 0) is 48.3 Å². The lowest BCUT2D eigenvalue weighted by molar-refractivity contribution is 0.104. The zero-order valence-corrected chi connectivity index (χ0v) is 10.1. The molecule has 1 aromatic rings. The summed E-state index contributed by atoms with van der Waals surface area (Å²) in [5.74, 6) is -0.0757. The van der Waals surface area contributed by atoms with E-state index in [1.54, 1.807) is 0 Å². The number of carbonyl (C=O) groups excluding carboxylic acids is 1. The summed E-state index contributed by atoms with van der Waals surface area (Å²) in [6.07, 6.45) is 1.32. The molecule has 2 nitrogen and oxygen atoms in total. The number of nitrogens with zero attached hydrogens (tertiary/aromatic N) is 1. The van der Waals surface area contributed by atoms with Gasteiger partial charge < -0.3 is 0 Å². The third-order valence-corrected chi connectivity index (χ3v) is 3.32. The van der Waals surface area contributed by atoms with Gasteiger partial charge in [-0.2, -0.15) is 0 Å². The van der Waals surface area contributed by atoms with E-state index < -0.39 is 0 Å². The molecule has 0 bridgehead atoms. The maximum Gasteiger partial charge on any atom is 0.187 e. The third-order valence-electron chi connectivity index (χ3n) is 2.15. The summed E-state index contributed by atoms with van der Waals surface area (Å²) < 4.78 is 0.897. The largest absolute Gasteiger partial charge is 0.289 e. The topological polar surface area (TPSA) is 30.0 Å². The molecule has 0 saturated heterocycles. The fourth-order valence-corrected chi connectivity index (χ4v) is 1.76. The van der Waals surface area contributed by atoms with E-state index >= 15 is 0 Å². The van der Waals surface area contributed by atoms with Gasteiger partial charge in [0.05, 0.1) is 5.69 Å². The monoisotopic (exact) mass is 253 g/mol. The molecule has 0 radical (unpaired) electrons. The van der Waals surface area contributed by atoms with Crippen LogP contribution in [0.2, 0.25) is 0 Å². The summed E-state index contributed by atoms with van der Waals surface area (Å²) in [7, 11) is 0. The third kappa shape index (κ3) is 1.77. The van der Waals surface area contributed by atoms with E-state index in [4.69, 9.17) is 0 Å². The molecule has 1 rings (SSSR count). The number of carbonyl (C=O) groups is 1. The summed E-state index contributed by atoms with van der Waals surface area (Å²) in [6, 6.07) is 0. The van der Waals surface area contributed by atoms with Gasteiger partial charge in [0.2, 0.25) is 0 Å². The van der Waals surface area contributed by atoms with Crippen LogP contribution in [0.15, 0.2) is 17.1 Å². The van der Waals surface area contributed by atoms with Crippen molar-refractivity contribution in [2.75, 3.05) is 0 Å². The molecule has 0 aliphatic heterocycles. The second kappa shape index (κ2) is 4.05. The van der Waals surface area contributed by atoms with E-state index in [1.165, 1.54) is 6.08 Å². The Balaban J connectivity index is 3.51. The second-order valence-electron chi connectivity index (χ2n) is 3.16. The fourth-order valence-electron chi connectivity index (χ4n) is 1.47. The van der Waals surface area contributed by atoms with Gasteiger partial charge in [-0.25, -0.2) is 0 Å². The Morgan fingerprint density at radius 2 is 1.93 bits per heavy atom. The SMILES string of the molecule is C=CC(=O)c1c(C)nc(C)c(Br)c1C. The maximum absolute atomic E-state index is 11.5. The molecule has 3 heteroatoms. The molecule has 0 amide bonds. The minimum atomic E-state index is -0.0757. The van der Waals surface area contributed by atoms with Crippen LogP contribution in [-0.2, 0) is 0 Å². The van der Waals surface area contributed by atoms with E-state index in [0.29, 0.717) is 5.56 Å². The normalized spacial score (nSPS) is 10.0. The molecule has 0 N–H and O–H groups in total. The molecule has 1 aromatic heterocycles. The summed E-state index contributed by atoms with van der Waals surface area (Å²) >= 11 is 3.41. The first-order chi connectivity index (χ1) is 6.49. The average Bonchev–Trinajstić information content (AvgIpc) is 2.14. The molecule has 0 fully saturated rings. The van der Waals surface area contributed by atoms with Crippen LogP contribution in [0.3, 0.4) is 0 Å². The number of rotatable bonds is 2. The molecule has 14 heavy (non-hydrogen) atoms. The maximum atomic E-state index is 11.5. The van der Waals surface area contributed by atoms with Gasteiger partial charge in [0.25, 0.3) is 0 Å². The molecule has 0 aliphatic rings. The van der Waals surface area contributed by atoms with Gasteiger partial charge in [0, 0.05) is 15.7 Å². The number of hydrogen-bond donors (Lipinski definition) is 0. The van der Waals surface area contributed by atoms with Crippen LogP contribution in [-0.4, -0.2) is 10.8 Å². The number of allylic oxidation sites excluding steroid dienone is 1. The lowest BCUT2D eigenvalue weighted by Gasteiger charge is -2.10. The molecule has 0 spiro atoms. The zero-order valence-electron chi connectivity index (χ0n) is 8.52. The Hall–Kier alpha value is -0.960. The molecular weight excluding hydrogens is 242 g/mol. The van der Waals surface area contributed by atoms with Crippen LogP contribution in [0.5, 0.6) is 0 Å². The highest BCUT2D eigenvalue weighted by Gasteiger charge is 2.14. The highest BCUT2D eigenvalue weighted by atomic mass is 79.9. The number of aryl methyl sites for hydroxylation is 2. The molecule has 0 unspecified atom stereocenters. The molecule has 0 atom stereocenters. The Morgan fingerprint density at radius 1 is 1.36 bits per heavy atom. The fraction of sp³-hybridized carbons (Fsp3) is 0.273. The smallest absolute Gasteiger partial charge is 0.187 e. The molecule has 1 heterocycles. The lowest BCUT2D eigenvalue weighted by atomic mass is 10.0. The van der Waals surface area contributed by atoms with Crippen molar-refractivity contribution in [3.8, 4) is 0 Å². The van der Waals surface area contributed by atoms with Crippen molar-refractivity contribution < 1.29 is 4.79 Å². The number of hydrogen-bond acceptors (Lipinski definition) is 2. The second-order valence-corrected chi connectivity index (χ2v) is 3.96. The first-order valence-corrected chi connectivity index (χ1v) is 5.08. The average molecular weight is 254 g/mol. The van der Waals surface area contributed by atoms with Crippen LogP contribution < -0.4 is 0 Å². The van der Waals surface area contributed by atoms with Crippen molar-refractivity contribution in [2.24, 2.45) is 0 Å². The number of ketones is 1. The van der Waals surface area contributed by atoms with Gasteiger partial charge in [-0.3, -0.25) is 9.78 Å². The molecule has 0 saturated carbocycles. The quantitative estimate of drug-likeness (QED) is 0.599.